The molecule has 0 saturated carbocycles. The standard InChI is InChI=1S/C24H25ClN2O3S/c1-17-10-13-22(18(2)15-17)27-31(29,30)23-16-20(11-12-21(23)25)24(28)26-14-6-9-19-7-4-3-5-8-19/h3-5,7-8,10-13,15-16,27H,6,9,14H2,1-2H3,(H,26,28). The molecule has 0 unspecified atom stereocenters. The van der Waals surface area contributed by atoms with Gasteiger partial charge >= 0.3 is 0 Å². The zero-order valence-electron chi connectivity index (χ0n) is 17.5. The molecule has 5 nitrogen and oxygen atoms in total. The number of benzene rings is 3. The van der Waals surface area contributed by atoms with Crippen LogP contribution in [0.1, 0.15) is 33.5 Å². The van der Waals surface area contributed by atoms with Gasteiger partial charge in [-0.3, -0.25) is 9.52 Å². The number of carbonyl (C=O) groups is 1. The minimum Gasteiger partial charge on any atom is -0.352 e. The monoisotopic (exact) mass is 456 g/mol. The lowest BCUT2D eigenvalue weighted by atomic mass is 10.1. The van der Waals surface area contributed by atoms with E-state index in [4.69, 9.17) is 11.6 Å². The quantitative estimate of drug-likeness (QED) is 0.462. The maximum Gasteiger partial charge on any atom is 0.263 e. The molecule has 1 amide bonds. The number of amides is 1. The zero-order chi connectivity index (χ0) is 22.4. The second-order valence-corrected chi connectivity index (χ2v) is 9.47. The SMILES string of the molecule is Cc1ccc(NS(=O)(=O)c2cc(C(=O)NCCCc3ccccc3)ccc2Cl)c(C)c1. The highest BCUT2D eigenvalue weighted by atomic mass is 35.5. The van der Waals surface area contributed by atoms with E-state index in [1.165, 1.54) is 23.8 Å². The number of halogens is 1. The third-order valence-corrected chi connectivity index (χ3v) is 6.73. The lowest BCUT2D eigenvalue weighted by molar-refractivity contribution is 0.0953. The van der Waals surface area contributed by atoms with Gasteiger partial charge in [-0.05, 0) is 62.1 Å². The third kappa shape index (κ3) is 6.09. The van der Waals surface area contributed by atoms with E-state index in [1.54, 1.807) is 6.07 Å². The number of rotatable bonds is 8. The van der Waals surface area contributed by atoms with Gasteiger partial charge in [0.05, 0.1) is 10.7 Å². The maximum absolute atomic E-state index is 12.9. The van der Waals surface area contributed by atoms with Crippen LogP contribution in [-0.4, -0.2) is 20.9 Å². The van der Waals surface area contributed by atoms with Crippen molar-refractivity contribution in [3.05, 3.63) is 94.0 Å². The van der Waals surface area contributed by atoms with Crippen molar-refractivity contribution in [3.63, 3.8) is 0 Å². The topological polar surface area (TPSA) is 75.3 Å². The summed E-state index contributed by atoms with van der Waals surface area (Å²) < 4.78 is 28.4. The predicted molar refractivity (Wildman–Crippen MR) is 125 cm³/mol. The molecule has 0 atom stereocenters. The van der Waals surface area contributed by atoms with E-state index in [0.717, 1.165) is 24.0 Å². The molecule has 0 saturated heterocycles. The van der Waals surface area contributed by atoms with Crippen molar-refractivity contribution in [2.24, 2.45) is 0 Å². The molecule has 3 aromatic rings. The molecule has 31 heavy (non-hydrogen) atoms. The van der Waals surface area contributed by atoms with Gasteiger partial charge in [0.25, 0.3) is 15.9 Å². The number of hydrogen-bond donors (Lipinski definition) is 2. The summed E-state index contributed by atoms with van der Waals surface area (Å²) in [6, 6.07) is 19.7. The van der Waals surface area contributed by atoms with Crippen LogP contribution < -0.4 is 10.0 Å². The number of hydrogen-bond acceptors (Lipinski definition) is 3. The molecule has 2 N–H and O–H groups in total. The number of sulfonamides is 1. The van der Waals surface area contributed by atoms with Gasteiger partial charge in [0, 0.05) is 12.1 Å². The lowest BCUT2D eigenvalue weighted by Gasteiger charge is -2.13. The molecule has 0 aliphatic carbocycles. The zero-order valence-corrected chi connectivity index (χ0v) is 19.1. The second kappa shape index (κ2) is 9.98. The van der Waals surface area contributed by atoms with Crippen LogP contribution in [-0.2, 0) is 16.4 Å². The Labute approximate surface area is 188 Å². The first-order chi connectivity index (χ1) is 14.8. The van der Waals surface area contributed by atoms with Crippen molar-refractivity contribution in [1.82, 2.24) is 5.32 Å². The van der Waals surface area contributed by atoms with Crippen LogP contribution in [0, 0.1) is 13.8 Å². The highest BCUT2D eigenvalue weighted by Gasteiger charge is 2.21. The minimum absolute atomic E-state index is 0.0536. The molecule has 0 radical (unpaired) electrons. The summed E-state index contributed by atoms with van der Waals surface area (Å²) in [5.74, 6) is -0.340. The third-order valence-electron chi connectivity index (χ3n) is 4.88. The van der Waals surface area contributed by atoms with Crippen LogP contribution in [0.4, 0.5) is 5.69 Å². The normalized spacial score (nSPS) is 11.2. The second-order valence-electron chi connectivity index (χ2n) is 7.41. The Bertz CT molecular complexity index is 1180. The van der Waals surface area contributed by atoms with Crippen LogP contribution in [0.15, 0.2) is 71.6 Å². The predicted octanol–water partition coefficient (Wildman–Crippen LogP) is 5.12. The van der Waals surface area contributed by atoms with E-state index < -0.39 is 10.0 Å². The molecular weight excluding hydrogens is 432 g/mol. The molecule has 0 aliphatic heterocycles. The number of aryl methyl sites for hydroxylation is 3. The highest BCUT2D eigenvalue weighted by Crippen LogP contribution is 2.26. The molecule has 162 valence electrons. The average Bonchev–Trinajstić information content (AvgIpc) is 2.74. The minimum atomic E-state index is -3.96. The van der Waals surface area contributed by atoms with Crippen LogP contribution in [0.3, 0.4) is 0 Å². The first-order valence-corrected chi connectivity index (χ1v) is 11.8. The van der Waals surface area contributed by atoms with Crippen molar-refractivity contribution < 1.29 is 13.2 Å². The number of carbonyl (C=O) groups excluding carboxylic acids is 1. The van der Waals surface area contributed by atoms with E-state index in [-0.39, 0.29) is 21.4 Å². The van der Waals surface area contributed by atoms with Crippen LogP contribution in [0.5, 0.6) is 0 Å². The van der Waals surface area contributed by atoms with Crippen LogP contribution in [0.2, 0.25) is 5.02 Å². The van der Waals surface area contributed by atoms with E-state index >= 15 is 0 Å². The van der Waals surface area contributed by atoms with Crippen LogP contribution in [0.25, 0.3) is 0 Å². The van der Waals surface area contributed by atoms with E-state index in [1.807, 2.05) is 56.3 Å². The van der Waals surface area contributed by atoms with Crippen LogP contribution >= 0.6 is 11.6 Å². The van der Waals surface area contributed by atoms with Crippen molar-refractivity contribution in [2.75, 3.05) is 11.3 Å². The molecule has 0 bridgehead atoms. The first-order valence-electron chi connectivity index (χ1n) is 9.98. The Kier molecular flexibility index (Phi) is 7.36. The summed E-state index contributed by atoms with van der Waals surface area (Å²) >= 11 is 6.16. The molecule has 0 heterocycles. The summed E-state index contributed by atoms with van der Waals surface area (Å²) in [7, 11) is -3.96. The summed E-state index contributed by atoms with van der Waals surface area (Å²) in [5.41, 5.74) is 3.74. The first kappa shape index (κ1) is 22.8. The van der Waals surface area contributed by atoms with Crippen molar-refractivity contribution in [3.8, 4) is 0 Å². The van der Waals surface area contributed by atoms with Gasteiger partial charge < -0.3 is 5.32 Å². The fraction of sp³-hybridized carbons (Fsp3) is 0.208. The molecule has 7 heteroatoms. The number of nitrogens with one attached hydrogen (secondary N) is 2. The van der Waals surface area contributed by atoms with Crippen molar-refractivity contribution in [2.45, 2.75) is 31.6 Å². The average molecular weight is 457 g/mol. The molecule has 0 fully saturated rings. The molecule has 0 spiro atoms. The van der Waals surface area contributed by atoms with Gasteiger partial charge in [0.15, 0.2) is 0 Å². The Balaban J connectivity index is 1.69. The van der Waals surface area contributed by atoms with Gasteiger partial charge in [-0.15, -0.1) is 0 Å². The highest BCUT2D eigenvalue weighted by molar-refractivity contribution is 7.92. The molecule has 3 rings (SSSR count). The van der Waals surface area contributed by atoms with E-state index in [0.29, 0.717) is 12.2 Å². The van der Waals surface area contributed by atoms with Crippen molar-refractivity contribution >= 4 is 33.2 Å². The Morgan fingerprint density at radius 1 is 0.968 bits per heavy atom. The Hall–Kier alpha value is -2.83. The fourth-order valence-electron chi connectivity index (χ4n) is 3.22. The molecular formula is C24H25ClN2O3S. The Morgan fingerprint density at radius 3 is 2.42 bits per heavy atom. The van der Waals surface area contributed by atoms with Gasteiger partial charge in [-0.1, -0.05) is 59.6 Å². The molecule has 0 aromatic heterocycles. The molecule has 0 aliphatic rings. The number of anilines is 1. The summed E-state index contributed by atoms with van der Waals surface area (Å²) in [6.45, 7) is 4.25. The van der Waals surface area contributed by atoms with Crippen molar-refractivity contribution in [1.29, 1.82) is 0 Å². The maximum atomic E-state index is 12.9. The molecule has 3 aromatic carbocycles. The summed E-state index contributed by atoms with van der Waals surface area (Å²) in [5, 5.41) is 2.89. The Morgan fingerprint density at radius 2 is 1.71 bits per heavy atom. The van der Waals surface area contributed by atoms with E-state index in [9.17, 15) is 13.2 Å². The largest absolute Gasteiger partial charge is 0.352 e. The fourth-order valence-corrected chi connectivity index (χ4v) is 4.88. The van der Waals surface area contributed by atoms with E-state index in [2.05, 4.69) is 10.0 Å². The summed E-state index contributed by atoms with van der Waals surface area (Å²) in [4.78, 5) is 12.4. The smallest absolute Gasteiger partial charge is 0.263 e. The van der Waals surface area contributed by atoms with Gasteiger partial charge in [0.2, 0.25) is 0 Å². The van der Waals surface area contributed by atoms with Gasteiger partial charge in [0.1, 0.15) is 4.90 Å². The lowest BCUT2D eigenvalue weighted by Crippen LogP contribution is -2.25. The van der Waals surface area contributed by atoms with Gasteiger partial charge in [-0.2, -0.15) is 0 Å². The summed E-state index contributed by atoms with van der Waals surface area (Å²) in [6.07, 6.45) is 1.63. The van der Waals surface area contributed by atoms with Gasteiger partial charge in [-0.25, -0.2) is 8.42 Å².